The fraction of sp³-hybridized carbons (Fsp3) is 0.389. The average molecular weight is 1330 g/mol. The van der Waals surface area contributed by atoms with Crippen LogP contribution in [0, 0.1) is 11.6 Å². The van der Waals surface area contributed by atoms with Crippen molar-refractivity contribution in [2.24, 2.45) is 0 Å². The van der Waals surface area contributed by atoms with Crippen LogP contribution < -0.4 is 50.8 Å². The molecule has 96 heavy (non-hydrogen) atoms. The Bertz CT molecular complexity index is 3760. The van der Waals surface area contributed by atoms with Gasteiger partial charge in [-0.15, -0.1) is 0 Å². The van der Waals surface area contributed by atoms with E-state index in [2.05, 4.69) is 35.1 Å². The average Bonchev–Trinajstić information content (AvgIpc) is 1.21. The van der Waals surface area contributed by atoms with Gasteiger partial charge in [0.25, 0.3) is 0 Å². The molecule has 2 saturated heterocycles. The Morgan fingerprint density at radius 1 is 0.667 bits per heavy atom. The van der Waals surface area contributed by atoms with E-state index in [4.69, 9.17) is 34.4 Å². The monoisotopic (exact) mass is 1330 g/mol. The normalized spacial score (nSPS) is 15.9. The third kappa shape index (κ3) is 21.4. The zero-order valence-electron chi connectivity index (χ0n) is 54.9. The van der Waals surface area contributed by atoms with Crippen LogP contribution in [0.5, 0.6) is 0 Å². The molecule has 506 valence electrons. The number of fused-ring (bicyclic) bond motifs is 6. The number of pyridine rings is 2. The van der Waals surface area contributed by atoms with E-state index >= 15 is 0 Å². The van der Waals surface area contributed by atoms with Crippen molar-refractivity contribution < 1.29 is 112 Å². The molecule has 4 amide bonds. The number of hydrogen-bond donors (Lipinski definition) is 9. The van der Waals surface area contributed by atoms with Crippen molar-refractivity contribution in [2.75, 3.05) is 43.5 Å². The smallest absolute Gasteiger partial charge is 0.870 e. The zero-order valence-corrected chi connectivity index (χ0v) is 56.9. The van der Waals surface area contributed by atoms with Crippen LogP contribution in [0.1, 0.15) is 143 Å². The predicted octanol–water partition coefficient (Wildman–Crippen LogP) is 8.53. The Hall–Kier alpha value is -8.26. The Kier molecular flexibility index (Phi) is 29.4. The first-order valence-corrected chi connectivity index (χ1v) is 31.8. The van der Waals surface area contributed by atoms with Crippen molar-refractivity contribution in [1.82, 2.24) is 20.6 Å². The summed E-state index contributed by atoms with van der Waals surface area (Å²) in [6.45, 7) is 11.3. The van der Waals surface area contributed by atoms with E-state index in [-0.39, 0.29) is 78.7 Å². The second-order valence-electron chi connectivity index (χ2n) is 24.0. The first-order valence-electron chi connectivity index (χ1n) is 31.8. The summed E-state index contributed by atoms with van der Waals surface area (Å²) in [7, 11) is 0. The van der Waals surface area contributed by atoms with Gasteiger partial charge in [0.1, 0.15) is 30.8 Å². The molecule has 4 heterocycles. The van der Waals surface area contributed by atoms with Gasteiger partial charge in [-0.3, -0.25) is 29.1 Å². The molecule has 10 rings (SSSR count). The van der Waals surface area contributed by atoms with Gasteiger partial charge in [0.05, 0.1) is 49.1 Å². The Labute approximate surface area is 578 Å². The third-order valence-corrected chi connectivity index (χ3v) is 16.0. The van der Waals surface area contributed by atoms with Gasteiger partial charge >= 0.3 is 65.5 Å². The summed E-state index contributed by atoms with van der Waals surface area (Å²) < 4.78 is 43.5. The van der Waals surface area contributed by atoms with Crippen LogP contribution in [0.2, 0.25) is 0 Å². The van der Waals surface area contributed by atoms with Crippen molar-refractivity contribution in [1.29, 1.82) is 0 Å². The molecule has 4 aliphatic rings. The maximum Gasteiger partial charge on any atom is 1.00 e. The molecule has 4 aromatic carbocycles. The van der Waals surface area contributed by atoms with Gasteiger partial charge in [0.2, 0.25) is 0 Å². The van der Waals surface area contributed by atoms with Crippen molar-refractivity contribution in [2.45, 2.75) is 148 Å². The minimum Gasteiger partial charge on any atom is -0.870 e. The van der Waals surface area contributed by atoms with Crippen LogP contribution in [0.15, 0.2) is 97.1 Å². The van der Waals surface area contributed by atoms with Gasteiger partial charge < -0.3 is 66.5 Å². The van der Waals surface area contributed by atoms with Crippen molar-refractivity contribution in [3.63, 3.8) is 0 Å². The molecule has 2 aliphatic carbocycles. The number of nitrogens with one attached hydrogen (secondary N) is 4. The second kappa shape index (κ2) is 36.7. The van der Waals surface area contributed by atoms with Crippen LogP contribution in [0.25, 0.3) is 56.7 Å². The van der Waals surface area contributed by atoms with Gasteiger partial charge in [-0.25, -0.2) is 18.4 Å². The molecule has 10 N–H and O–H groups in total. The number of anilines is 2. The summed E-state index contributed by atoms with van der Waals surface area (Å²) in [5, 5.41) is 58.9. The SMILES string of the molecule is C1CCOC1.CC(C)c1nc2c(c(-c3ccc(F)cc3)c1/C=C/[C@@H](O)C[C@@H](O)CC(=O)O)-c1ccc(NC(=O)NCC(=O)O)cc1CCC2.CCOC(=O)CNC(=O)Nc1ccc2c(c1)CCCc1nc(C(C)C)c(/C=C/[C@@H]3C[C@@H](O)CC(=O)O3)c(-c3ccc(F)cc3)c1-2.[Na+].[OH-]. The number of aliphatic carboxylic acids is 2. The van der Waals surface area contributed by atoms with Gasteiger partial charge in [0, 0.05) is 82.2 Å². The number of carbonyl (C=O) groups is 6. The van der Waals surface area contributed by atoms with Gasteiger partial charge in [-0.05, 0) is 158 Å². The number of cyclic esters (lactones) is 1. The van der Waals surface area contributed by atoms with E-state index in [9.17, 15) is 52.9 Å². The topological polar surface area (TPSA) is 335 Å². The number of nitrogens with zero attached hydrogens (tertiary/aromatic N) is 2. The molecule has 0 spiro atoms. The molecule has 21 nitrogen and oxygen atoms in total. The minimum atomic E-state index is -1.22. The number of benzene rings is 4. The number of esters is 2. The first-order chi connectivity index (χ1) is 45.0. The van der Waals surface area contributed by atoms with Gasteiger partial charge in [0.15, 0.2) is 0 Å². The van der Waals surface area contributed by atoms with Gasteiger partial charge in [-0.1, -0.05) is 82.3 Å². The number of carboxylic acids is 2. The third-order valence-electron chi connectivity index (χ3n) is 16.0. The largest absolute Gasteiger partial charge is 1.00 e. The molecule has 6 aromatic rings. The number of hydrogen-bond acceptors (Lipinski definition) is 15. The number of aliphatic hydroxyl groups excluding tert-OH is 3. The molecule has 0 radical (unpaired) electrons. The van der Waals surface area contributed by atoms with E-state index in [0.717, 1.165) is 123 Å². The number of halogens is 2. The molecular weight excluding hydrogens is 1250 g/mol. The molecule has 2 fully saturated rings. The number of carbonyl (C=O) groups excluding carboxylic acids is 4. The summed E-state index contributed by atoms with van der Waals surface area (Å²) in [6, 6.07) is 22.5. The van der Waals surface area contributed by atoms with Crippen LogP contribution >= 0.6 is 0 Å². The van der Waals surface area contributed by atoms with E-state index in [1.807, 2.05) is 44.2 Å². The second-order valence-corrected chi connectivity index (χ2v) is 24.0. The molecule has 0 saturated carbocycles. The quantitative estimate of drug-likeness (QED) is 0.0271. The van der Waals surface area contributed by atoms with Crippen molar-refractivity contribution in [3.8, 4) is 44.5 Å². The number of urea groups is 2. The first kappa shape index (κ1) is 76.8. The summed E-state index contributed by atoms with van der Waals surface area (Å²) in [4.78, 5) is 80.4. The summed E-state index contributed by atoms with van der Waals surface area (Å²) in [5.41, 5.74) is 14.8. The van der Waals surface area contributed by atoms with Gasteiger partial charge in [-0.2, -0.15) is 0 Å². The standard InChI is InChI=1S/C35H38FN3O6.C33H36FN3O7.C4H8O.Na.H2O/c1-4-44-31(42)19-37-35(43)38-24-12-14-27-22(16-24)6-5-7-29-33(27)32(21-8-10-23(36)11-9-21)28(34(39-29)20(2)3)15-13-26-17-25(40)18-30(41)45-26;1-18(2)32-26(13-11-23(38)15-24(39)16-28(40)41)30(19-6-8-21(34)9-7-19)31-25-12-10-22(36-33(44)35-17-29(42)43)14-20(25)4-3-5-27(31)37-32;1-2-4-5-3-1;;/h8-16,20,25-26,40H,4-7,17-19H2,1-3H3,(H2,37,38,43);6-14,18,23-24,38-39H,3-5,15-17H2,1-2H3,(H,40,41)(H,42,43)(H2,35,36,44);1-4H2;;1H2/q;;;+1;/p-1/b15-13+;13-11+;;;/t25-,26-;23-,24-;;;/m11.../s1. The van der Waals surface area contributed by atoms with Crippen molar-refractivity contribution in [3.05, 3.63) is 154 Å². The number of aromatic nitrogens is 2. The summed E-state index contributed by atoms with van der Waals surface area (Å²) >= 11 is 0. The van der Waals surface area contributed by atoms with E-state index in [0.29, 0.717) is 36.2 Å². The number of ether oxygens (including phenoxy) is 3. The number of aryl methyl sites for hydroxylation is 4. The van der Waals surface area contributed by atoms with E-state index in [1.165, 1.54) is 43.2 Å². The van der Waals surface area contributed by atoms with Crippen LogP contribution in [0.3, 0.4) is 0 Å². The fourth-order valence-corrected chi connectivity index (χ4v) is 11.8. The molecule has 4 atom stereocenters. The van der Waals surface area contributed by atoms with E-state index in [1.54, 1.807) is 55.5 Å². The molecule has 24 heteroatoms. The minimum absolute atomic E-state index is 0. The molecule has 0 unspecified atom stereocenters. The molecular formula is C72H83F2N6NaO15. The fourth-order valence-electron chi connectivity index (χ4n) is 11.8. The maximum atomic E-state index is 14.1. The van der Waals surface area contributed by atoms with E-state index < -0.39 is 79.1 Å². The van der Waals surface area contributed by atoms with Crippen LogP contribution in [-0.2, 0) is 59.1 Å². The molecule has 2 aromatic heterocycles. The van der Waals surface area contributed by atoms with Crippen LogP contribution in [0.4, 0.5) is 29.7 Å². The predicted molar refractivity (Wildman–Crippen MR) is 355 cm³/mol. The Balaban J connectivity index is 0.000000277. The van der Waals surface area contributed by atoms with Crippen LogP contribution in [-0.4, -0.2) is 134 Å². The summed E-state index contributed by atoms with van der Waals surface area (Å²) in [6.07, 6.45) is 9.83. The Morgan fingerprint density at radius 2 is 1.16 bits per heavy atom. The number of carboxylic acid groups (broad SMARTS) is 2. The molecule has 2 aliphatic heterocycles. The maximum absolute atomic E-state index is 14.1. The van der Waals surface area contributed by atoms with Crippen molar-refractivity contribution >= 4 is 59.5 Å². The number of rotatable bonds is 19. The molecule has 0 bridgehead atoms. The number of aliphatic hydroxyl groups is 3. The zero-order chi connectivity index (χ0) is 67.6. The Morgan fingerprint density at radius 3 is 1.59 bits per heavy atom. The summed E-state index contributed by atoms with van der Waals surface area (Å²) in [5.74, 6) is -4.00. The number of amides is 4.